The van der Waals surface area contributed by atoms with Crippen LogP contribution in [0.2, 0.25) is 0 Å². The van der Waals surface area contributed by atoms with Gasteiger partial charge in [-0.3, -0.25) is 4.90 Å². The topological polar surface area (TPSA) is 32.7 Å². The lowest BCUT2D eigenvalue weighted by atomic mass is 10.2. The Morgan fingerprint density at radius 3 is 2.67 bits per heavy atom. The molecule has 1 atom stereocenters. The Hall–Kier alpha value is -0.120. The second kappa shape index (κ2) is 3.73. The van der Waals surface area contributed by atoms with Crippen LogP contribution in [0.3, 0.4) is 0 Å². The minimum atomic E-state index is -0.730. The molecule has 1 aliphatic heterocycles. The Bertz CT molecular complexity index is 136. The molecule has 0 spiro atoms. The fourth-order valence-electron chi connectivity index (χ4n) is 1.32. The first kappa shape index (κ1) is 9.96. The van der Waals surface area contributed by atoms with E-state index in [2.05, 4.69) is 0 Å². The Kier molecular flexibility index (Phi) is 3.09. The highest BCUT2D eigenvalue weighted by molar-refractivity contribution is 4.73. The predicted octanol–water partition coefficient (Wildman–Crippen LogP) is 0.826. The van der Waals surface area contributed by atoms with Gasteiger partial charge in [-0.15, -0.1) is 0 Å². The van der Waals surface area contributed by atoms with Gasteiger partial charge in [-0.2, -0.15) is 0 Å². The van der Waals surface area contributed by atoms with Crippen molar-refractivity contribution in [1.29, 1.82) is 0 Å². The molecule has 1 N–H and O–H groups in total. The maximum Gasteiger partial charge on any atom is 0.112 e. The van der Waals surface area contributed by atoms with Gasteiger partial charge in [0.15, 0.2) is 0 Å². The minimum Gasteiger partial charge on any atom is -0.377 e. The van der Waals surface area contributed by atoms with Gasteiger partial charge < -0.3 is 9.84 Å². The lowest BCUT2D eigenvalue weighted by Gasteiger charge is -2.31. The standard InChI is InChI=1S/C9H19NO2/c1-9(2,11)10(3)7-8-5-4-6-12-8/h8,11H,4-7H2,1-3H3. The van der Waals surface area contributed by atoms with E-state index in [1.54, 1.807) is 13.8 Å². The first-order valence-corrected chi connectivity index (χ1v) is 4.55. The van der Waals surface area contributed by atoms with Gasteiger partial charge in [0.25, 0.3) is 0 Å². The van der Waals surface area contributed by atoms with Gasteiger partial charge in [0.2, 0.25) is 0 Å². The van der Waals surface area contributed by atoms with Gasteiger partial charge in [0.05, 0.1) is 6.10 Å². The van der Waals surface area contributed by atoms with Crippen LogP contribution < -0.4 is 0 Å². The molecule has 1 saturated heterocycles. The highest BCUT2D eigenvalue weighted by Gasteiger charge is 2.24. The molecule has 0 radical (unpaired) electrons. The van der Waals surface area contributed by atoms with E-state index in [0.29, 0.717) is 6.10 Å². The zero-order valence-electron chi connectivity index (χ0n) is 8.21. The average molecular weight is 173 g/mol. The molecule has 1 aliphatic rings. The summed E-state index contributed by atoms with van der Waals surface area (Å²) in [6.45, 7) is 5.29. The van der Waals surface area contributed by atoms with E-state index in [4.69, 9.17) is 4.74 Å². The summed E-state index contributed by atoms with van der Waals surface area (Å²) < 4.78 is 5.47. The molecule has 1 rings (SSSR count). The number of ether oxygens (including phenoxy) is 1. The smallest absolute Gasteiger partial charge is 0.112 e. The van der Waals surface area contributed by atoms with Gasteiger partial charge in [0, 0.05) is 13.2 Å². The number of aliphatic hydroxyl groups is 1. The molecule has 0 aromatic heterocycles. The van der Waals surface area contributed by atoms with Crippen molar-refractivity contribution in [3.63, 3.8) is 0 Å². The van der Waals surface area contributed by atoms with Crippen LogP contribution in [0.4, 0.5) is 0 Å². The van der Waals surface area contributed by atoms with Crippen molar-refractivity contribution in [2.24, 2.45) is 0 Å². The zero-order chi connectivity index (χ0) is 9.19. The number of likely N-dealkylation sites (N-methyl/N-ethyl adjacent to an activating group) is 1. The molecule has 0 amide bonds. The highest BCUT2D eigenvalue weighted by Crippen LogP contribution is 2.16. The van der Waals surface area contributed by atoms with Crippen LogP contribution >= 0.6 is 0 Å². The quantitative estimate of drug-likeness (QED) is 0.641. The van der Waals surface area contributed by atoms with E-state index in [-0.39, 0.29) is 0 Å². The van der Waals surface area contributed by atoms with E-state index in [1.165, 1.54) is 0 Å². The number of hydrogen-bond donors (Lipinski definition) is 1. The Morgan fingerprint density at radius 2 is 2.25 bits per heavy atom. The molecular formula is C9H19NO2. The molecule has 0 bridgehead atoms. The van der Waals surface area contributed by atoms with Crippen LogP contribution in [0.15, 0.2) is 0 Å². The van der Waals surface area contributed by atoms with Gasteiger partial charge in [0.1, 0.15) is 5.72 Å². The molecule has 3 nitrogen and oxygen atoms in total. The minimum absolute atomic E-state index is 0.321. The van der Waals surface area contributed by atoms with Gasteiger partial charge in [-0.1, -0.05) is 0 Å². The summed E-state index contributed by atoms with van der Waals surface area (Å²) in [5.74, 6) is 0. The van der Waals surface area contributed by atoms with E-state index in [1.807, 2.05) is 11.9 Å². The third-order valence-electron chi connectivity index (χ3n) is 2.44. The summed E-state index contributed by atoms with van der Waals surface area (Å²) in [5, 5.41) is 9.62. The zero-order valence-corrected chi connectivity index (χ0v) is 8.21. The van der Waals surface area contributed by atoms with E-state index in [9.17, 15) is 5.11 Å². The van der Waals surface area contributed by atoms with Crippen LogP contribution in [0.1, 0.15) is 26.7 Å². The Labute approximate surface area is 74.3 Å². The number of rotatable bonds is 3. The van der Waals surface area contributed by atoms with Crippen LogP contribution in [-0.4, -0.2) is 42.0 Å². The lowest BCUT2D eigenvalue weighted by molar-refractivity contribution is -0.0811. The monoisotopic (exact) mass is 173 g/mol. The Balaban J connectivity index is 2.30. The molecular weight excluding hydrogens is 154 g/mol. The summed E-state index contributed by atoms with van der Waals surface area (Å²) >= 11 is 0. The van der Waals surface area contributed by atoms with Crippen molar-refractivity contribution in [1.82, 2.24) is 4.90 Å². The normalized spacial score (nSPS) is 25.2. The predicted molar refractivity (Wildman–Crippen MR) is 47.9 cm³/mol. The van der Waals surface area contributed by atoms with Crippen molar-refractivity contribution in [2.45, 2.75) is 38.5 Å². The summed E-state index contributed by atoms with van der Waals surface area (Å²) in [7, 11) is 1.92. The second-order valence-corrected chi connectivity index (χ2v) is 4.01. The molecule has 1 fully saturated rings. The Morgan fingerprint density at radius 1 is 1.58 bits per heavy atom. The largest absolute Gasteiger partial charge is 0.377 e. The maximum absolute atomic E-state index is 9.62. The van der Waals surface area contributed by atoms with Crippen LogP contribution in [-0.2, 0) is 4.74 Å². The van der Waals surface area contributed by atoms with Crippen molar-refractivity contribution in [3.05, 3.63) is 0 Å². The van der Waals surface area contributed by atoms with E-state index in [0.717, 1.165) is 26.0 Å². The van der Waals surface area contributed by atoms with Crippen LogP contribution in [0.5, 0.6) is 0 Å². The van der Waals surface area contributed by atoms with E-state index >= 15 is 0 Å². The molecule has 0 aliphatic carbocycles. The molecule has 1 unspecified atom stereocenters. The third-order valence-corrected chi connectivity index (χ3v) is 2.44. The lowest BCUT2D eigenvalue weighted by Crippen LogP contribution is -2.44. The molecule has 1 heterocycles. The van der Waals surface area contributed by atoms with Gasteiger partial charge in [-0.25, -0.2) is 0 Å². The highest BCUT2D eigenvalue weighted by atomic mass is 16.5. The van der Waals surface area contributed by atoms with Gasteiger partial charge in [-0.05, 0) is 33.7 Å². The first-order valence-electron chi connectivity index (χ1n) is 4.55. The fourth-order valence-corrected chi connectivity index (χ4v) is 1.32. The fraction of sp³-hybridized carbons (Fsp3) is 1.00. The summed E-state index contributed by atoms with van der Waals surface area (Å²) in [4.78, 5) is 1.92. The molecule has 0 saturated carbocycles. The summed E-state index contributed by atoms with van der Waals surface area (Å²) in [5.41, 5.74) is -0.730. The van der Waals surface area contributed by atoms with Crippen LogP contribution in [0, 0.1) is 0 Å². The maximum atomic E-state index is 9.62. The van der Waals surface area contributed by atoms with Crippen molar-refractivity contribution >= 4 is 0 Å². The molecule has 0 aromatic carbocycles. The van der Waals surface area contributed by atoms with Crippen molar-refractivity contribution in [3.8, 4) is 0 Å². The first-order chi connectivity index (χ1) is 5.50. The molecule has 72 valence electrons. The number of nitrogens with zero attached hydrogens (tertiary/aromatic N) is 1. The third kappa shape index (κ3) is 2.73. The molecule has 0 aromatic rings. The molecule has 12 heavy (non-hydrogen) atoms. The molecule has 3 heteroatoms. The van der Waals surface area contributed by atoms with Crippen molar-refractivity contribution < 1.29 is 9.84 Å². The summed E-state index contributed by atoms with van der Waals surface area (Å²) in [6.07, 6.45) is 2.60. The number of hydrogen-bond acceptors (Lipinski definition) is 3. The summed E-state index contributed by atoms with van der Waals surface area (Å²) in [6, 6.07) is 0. The average Bonchev–Trinajstić information content (AvgIpc) is 2.37. The van der Waals surface area contributed by atoms with Crippen molar-refractivity contribution in [2.75, 3.05) is 20.2 Å². The van der Waals surface area contributed by atoms with Gasteiger partial charge >= 0.3 is 0 Å². The SMILES string of the molecule is CN(CC1CCCO1)C(C)(C)O. The van der Waals surface area contributed by atoms with Crippen LogP contribution in [0.25, 0.3) is 0 Å². The second-order valence-electron chi connectivity index (χ2n) is 4.01. The van der Waals surface area contributed by atoms with E-state index < -0.39 is 5.72 Å².